The Morgan fingerprint density at radius 2 is 2.53 bits per heavy atom. The minimum Gasteiger partial charge on any atom is -0.397 e. The average Bonchev–Trinajstić information content (AvgIpc) is 2.88. The Morgan fingerprint density at radius 3 is 3.18 bits per heavy atom. The zero-order valence-electron chi connectivity index (χ0n) is 10.1. The van der Waals surface area contributed by atoms with Crippen LogP contribution in [0, 0.1) is 0 Å². The van der Waals surface area contributed by atoms with E-state index in [2.05, 4.69) is 12.2 Å². The Labute approximate surface area is 101 Å². The number of rotatable bonds is 4. The van der Waals surface area contributed by atoms with E-state index in [-0.39, 0.29) is 11.9 Å². The summed E-state index contributed by atoms with van der Waals surface area (Å²) in [5.74, 6) is -0.0642. The monoisotopic (exact) mass is 237 g/mol. The number of carbonyl (C=O) groups excluding carboxylic acids is 1. The van der Waals surface area contributed by atoms with E-state index in [9.17, 15) is 4.79 Å². The number of aromatic nitrogens is 1. The second-order valence-electron chi connectivity index (χ2n) is 4.39. The molecule has 1 unspecified atom stereocenters. The van der Waals surface area contributed by atoms with Crippen LogP contribution >= 0.6 is 0 Å². The zero-order chi connectivity index (χ0) is 12.3. The lowest BCUT2D eigenvalue weighted by atomic mass is 10.2. The van der Waals surface area contributed by atoms with Crippen molar-refractivity contribution in [1.29, 1.82) is 0 Å². The highest BCUT2D eigenvalue weighted by molar-refractivity contribution is 5.94. The van der Waals surface area contributed by atoms with Crippen molar-refractivity contribution in [1.82, 2.24) is 9.88 Å². The molecule has 1 saturated heterocycles. The lowest BCUT2D eigenvalue weighted by Crippen LogP contribution is -2.36. The van der Waals surface area contributed by atoms with Crippen LogP contribution in [0.15, 0.2) is 12.3 Å². The molecule has 94 valence electrons. The molecule has 1 aromatic rings. The van der Waals surface area contributed by atoms with E-state index in [1.807, 2.05) is 10.8 Å². The van der Waals surface area contributed by atoms with Crippen molar-refractivity contribution in [2.75, 3.05) is 18.9 Å². The summed E-state index contributed by atoms with van der Waals surface area (Å²) in [5, 5.41) is 2.97. The van der Waals surface area contributed by atoms with Gasteiger partial charge in [-0.3, -0.25) is 4.79 Å². The quantitative estimate of drug-likeness (QED) is 0.820. The van der Waals surface area contributed by atoms with Crippen molar-refractivity contribution in [3.63, 3.8) is 0 Å². The van der Waals surface area contributed by atoms with E-state index >= 15 is 0 Å². The van der Waals surface area contributed by atoms with Crippen molar-refractivity contribution in [2.45, 2.75) is 32.4 Å². The molecule has 1 fully saturated rings. The molecule has 0 radical (unpaired) electrons. The molecular formula is C12H19N3O2. The van der Waals surface area contributed by atoms with E-state index in [4.69, 9.17) is 10.5 Å². The number of aryl methyl sites for hydroxylation is 1. The first-order chi connectivity index (χ1) is 8.20. The Hall–Kier alpha value is -1.49. The summed E-state index contributed by atoms with van der Waals surface area (Å²) in [4.78, 5) is 12.1. The van der Waals surface area contributed by atoms with Gasteiger partial charge in [0.05, 0.1) is 18.3 Å². The van der Waals surface area contributed by atoms with Crippen molar-refractivity contribution in [2.24, 2.45) is 0 Å². The average molecular weight is 237 g/mol. The fourth-order valence-electron chi connectivity index (χ4n) is 2.06. The highest BCUT2D eigenvalue weighted by Gasteiger charge is 2.20. The summed E-state index contributed by atoms with van der Waals surface area (Å²) >= 11 is 0. The van der Waals surface area contributed by atoms with E-state index in [0.717, 1.165) is 26.0 Å². The Balaban J connectivity index is 2.06. The first-order valence-electron chi connectivity index (χ1n) is 6.05. The zero-order valence-corrected chi connectivity index (χ0v) is 10.1. The minimum atomic E-state index is -0.0642. The summed E-state index contributed by atoms with van der Waals surface area (Å²) in [6.45, 7) is 4.21. The maximum Gasteiger partial charge on any atom is 0.268 e. The van der Waals surface area contributed by atoms with Crippen molar-refractivity contribution in [3.8, 4) is 0 Å². The Bertz CT molecular complexity index is 394. The molecule has 5 heteroatoms. The summed E-state index contributed by atoms with van der Waals surface area (Å²) in [5.41, 5.74) is 7.00. The molecule has 5 nitrogen and oxygen atoms in total. The highest BCUT2D eigenvalue weighted by Crippen LogP contribution is 2.12. The summed E-state index contributed by atoms with van der Waals surface area (Å²) in [6, 6.07) is 1.86. The third kappa shape index (κ3) is 2.79. The molecule has 0 bridgehead atoms. The van der Waals surface area contributed by atoms with E-state index in [0.29, 0.717) is 18.0 Å². The topological polar surface area (TPSA) is 69.3 Å². The number of anilines is 1. The van der Waals surface area contributed by atoms with Crippen LogP contribution < -0.4 is 11.1 Å². The van der Waals surface area contributed by atoms with Crippen LogP contribution in [-0.2, 0) is 11.3 Å². The van der Waals surface area contributed by atoms with Crippen LogP contribution in [0.5, 0.6) is 0 Å². The van der Waals surface area contributed by atoms with Crippen LogP contribution in [0.2, 0.25) is 0 Å². The maximum absolute atomic E-state index is 12.1. The number of nitrogen functional groups attached to an aromatic ring is 1. The van der Waals surface area contributed by atoms with Gasteiger partial charge in [-0.15, -0.1) is 0 Å². The largest absolute Gasteiger partial charge is 0.397 e. The molecular weight excluding hydrogens is 218 g/mol. The maximum atomic E-state index is 12.1. The van der Waals surface area contributed by atoms with Gasteiger partial charge in [-0.1, -0.05) is 6.92 Å². The van der Waals surface area contributed by atoms with Gasteiger partial charge in [0.2, 0.25) is 0 Å². The fraction of sp³-hybridized carbons (Fsp3) is 0.583. The van der Waals surface area contributed by atoms with Gasteiger partial charge in [-0.05, 0) is 18.9 Å². The van der Waals surface area contributed by atoms with Gasteiger partial charge < -0.3 is 20.4 Å². The molecule has 0 saturated carbocycles. The van der Waals surface area contributed by atoms with Gasteiger partial charge in [0.1, 0.15) is 5.69 Å². The normalized spacial score (nSPS) is 19.5. The second kappa shape index (κ2) is 5.23. The van der Waals surface area contributed by atoms with Crippen molar-refractivity contribution in [3.05, 3.63) is 18.0 Å². The summed E-state index contributed by atoms with van der Waals surface area (Å²) in [7, 11) is 0. The highest BCUT2D eigenvalue weighted by atomic mass is 16.5. The predicted molar refractivity (Wildman–Crippen MR) is 65.8 cm³/mol. The van der Waals surface area contributed by atoms with Gasteiger partial charge in [0.15, 0.2) is 0 Å². The number of amides is 1. The van der Waals surface area contributed by atoms with Crippen LogP contribution in [0.4, 0.5) is 5.69 Å². The third-order valence-corrected chi connectivity index (χ3v) is 2.88. The lowest BCUT2D eigenvalue weighted by molar-refractivity contribution is 0.0920. The smallest absolute Gasteiger partial charge is 0.268 e. The molecule has 0 spiro atoms. The summed E-state index contributed by atoms with van der Waals surface area (Å²) < 4.78 is 7.13. The molecule has 1 amide bonds. The summed E-state index contributed by atoms with van der Waals surface area (Å²) in [6.07, 6.45) is 3.67. The molecule has 1 atom stereocenters. The molecule has 0 aliphatic carbocycles. The molecule has 17 heavy (non-hydrogen) atoms. The Kier molecular flexibility index (Phi) is 3.68. The molecule has 0 aromatic carbocycles. The number of nitrogens with one attached hydrogen (secondary N) is 1. The second-order valence-corrected chi connectivity index (χ2v) is 4.39. The van der Waals surface area contributed by atoms with E-state index < -0.39 is 0 Å². The Morgan fingerprint density at radius 1 is 1.71 bits per heavy atom. The van der Waals surface area contributed by atoms with E-state index in [1.54, 1.807) is 6.07 Å². The fourth-order valence-corrected chi connectivity index (χ4v) is 2.06. The molecule has 2 heterocycles. The lowest BCUT2D eigenvalue weighted by Gasteiger charge is -2.12. The van der Waals surface area contributed by atoms with Gasteiger partial charge in [0, 0.05) is 19.3 Å². The standard InChI is InChI=1S/C12H19N3O2/c1-2-4-15-7-9(13)6-11(15)12(16)14-10-3-5-17-8-10/h6-7,10H,2-5,8,13H2,1H3,(H,14,16). The minimum absolute atomic E-state index is 0.0642. The van der Waals surface area contributed by atoms with Gasteiger partial charge in [-0.2, -0.15) is 0 Å². The first kappa shape index (κ1) is 12.0. The SMILES string of the molecule is CCCn1cc(N)cc1C(=O)NC1CCOC1. The first-order valence-corrected chi connectivity index (χ1v) is 6.05. The van der Waals surface area contributed by atoms with Gasteiger partial charge in [0.25, 0.3) is 5.91 Å². The molecule has 3 N–H and O–H groups in total. The number of carbonyl (C=O) groups is 1. The van der Waals surface area contributed by atoms with Crippen molar-refractivity contribution >= 4 is 11.6 Å². The van der Waals surface area contributed by atoms with Gasteiger partial charge >= 0.3 is 0 Å². The molecule has 2 rings (SSSR count). The number of ether oxygens (including phenoxy) is 1. The van der Waals surface area contributed by atoms with Crippen LogP contribution in [0.1, 0.15) is 30.3 Å². The van der Waals surface area contributed by atoms with Crippen LogP contribution in [-0.4, -0.2) is 29.7 Å². The third-order valence-electron chi connectivity index (χ3n) is 2.88. The number of nitrogens with zero attached hydrogens (tertiary/aromatic N) is 1. The molecule has 1 aliphatic heterocycles. The van der Waals surface area contributed by atoms with Crippen LogP contribution in [0.3, 0.4) is 0 Å². The number of hydrogen-bond donors (Lipinski definition) is 2. The molecule has 1 aromatic heterocycles. The number of hydrogen-bond acceptors (Lipinski definition) is 3. The molecule has 1 aliphatic rings. The predicted octanol–water partition coefficient (Wildman–Crippen LogP) is 0.999. The number of nitrogens with two attached hydrogens (primary N) is 1. The van der Waals surface area contributed by atoms with E-state index in [1.165, 1.54) is 0 Å². The van der Waals surface area contributed by atoms with Crippen LogP contribution in [0.25, 0.3) is 0 Å². The van der Waals surface area contributed by atoms with Crippen molar-refractivity contribution < 1.29 is 9.53 Å². The van der Waals surface area contributed by atoms with Gasteiger partial charge in [-0.25, -0.2) is 0 Å².